The van der Waals surface area contributed by atoms with Crippen molar-refractivity contribution in [3.8, 4) is 62.2 Å². The minimum atomic E-state index is 0.0291. The van der Waals surface area contributed by atoms with E-state index in [1.54, 1.807) is 6.07 Å². The number of nitrogens with zero attached hydrogens (tertiary/aromatic N) is 5. The summed E-state index contributed by atoms with van der Waals surface area (Å²) in [6, 6.07) is 62.4. The molecule has 1 heterocycles. The molecule has 0 saturated heterocycles. The van der Waals surface area contributed by atoms with Gasteiger partial charge in [0.05, 0.1) is 23.1 Å². The minimum Gasteiger partial charge on any atom is -0.298 e. The molecule has 0 atom stereocenters. The van der Waals surface area contributed by atoms with Gasteiger partial charge in [0.1, 0.15) is 11.4 Å². The van der Waals surface area contributed by atoms with Crippen LogP contribution in [-0.2, 0) is 0 Å². The molecule has 8 rings (SSSR count). The van der Waals surface area contributed by atoms with Crippen LogP contribution in [0.1, 0.15) is 22.3 Å². The van der Waals surface area contributed by atoms with E-state index < -0.39 is 0 Å². The van der Waals surface area contributed by atoms with Crippen LogP contribution in [-0.4, -0.2) is 32.4 Å². The second-order valence-electron chi connectivity index (χ2n) is 13.0. The number of hydrogen-bond acceptors (Lipinski definition) is 6. The monoisotopic (exact) mass is 719 g/mol. The Kier molecular flexibility index (Phi) is 10.0. The van der Waals surface area contributed by atoms with E-state index in [4.69, 9.17) is 25.9 Å². The number of rotatable bonds is 9. The smallest absolute Gasteiger partial charge is 0.182 e. The number of hydrogen-bond donors (Lipinski definition) is 2. The highest BCUT2D eigenvalue weighted by molar-refractivity contribution is 6.53. The number of nitrogens with one attached hydrogen (secondary N) is 2. The Hall–Kier alpha value is -7.95. The van der Waals surface area contributed by atoms with E-state index in [0.717, 1.165) is 50.2 Å². The molecule has 0 radical (unpaired) electrons. The molecule has 8 aromatic rings. The molecule has 0 fully saturated rings. The van der Waals surface area contributed by atoms with Crippen molar-refractivity contribution in [2.75, 3.05) is 0 Å². The third kappa shape index (κ3) is 7.44. The van der Waals surface area contributed by atoms with Gasteiger partial charge in [0.25, 0.3) is 0 Å². The first kappa shape index (κ1) is 35.1. The highest BCUT2D eigenvalue weighted by Crippen LogP contribution is 2.36. The summed E-state index contributed by atoms with van der Waals surface area (Å²) in [5.41, 5.74) is 10.7. The first-order chi connectivity index (χ1) is 27.6. The van der Waals surface area contributed by atoms with Gasteiger partial charge in [-0.05, 0) is 46.5 Å². The lowest BCUT2D eigenvalue weighted by Crippen LogP contribution is -2.18. The number of aliphatic imine (C=N–C) groups is 1. The maximum atomic E-state index is 9.95. The fourth-order valence-electron chi connectivity index (χ4n) is 6.58. The molecule has 0 aliphatic carbocycles. The average molecular weight is 720 g/mol. The summed E-state index contributed by atoms with van der Waals surface area (Å²) in [7, 11) is 0. The molecular weight excluding hydrogens is 687 g/mol. The van der Waals surface area contributed by atoms with Crippen molar-refractivity contribution in [2.24, 2.45) is 4.99 Å². The molecule has 7 aromatic carbocycles. The lowest BCUT2D eigenvalue weighted by molar-refractivity contribution is 0.992. The van der Waals surface area contributed by atoms with E-state index >= 15 is 0 Å². The molecule has 264 valence electrons. The van der Waals surface area contributed by atoms with E-state index in [-0.39, 0.29) is 11.5 Å². The molecule has 7 heteroatoms. The largest absolute Gasteiger partial charge is 0.298 e. The van der Waals surface area contributed by atoms with E-state index in [1.807, 2.05) is 182 Å². The molecule has 0 unspecified atom stereocenters. The lowest BCUT2D eigenvalue weighted by atomic mass is 9.91. The van der Waals surface area contributed by atoms with Crippen LogP contribution in [0.3, 0.4) is 0 Å². The van der Waals surface area contributed by atoms with Gasteiger partial charge in [0.2, 0.25) is 0 Å². The number of amidine groups is 1. The van der Waals surface area contributed by atoms with Crippen molar-refractivity contribution >= 4 is 17.3 Å². The highest BCUT2D eigenvalue weighted by atomic mass is 15.2. The van der Waals surface area contributed by atoms with Crippen LogP contribution in [0.15, 0.2) is 193 Å². The zero-order valence-corrected chi connectivity index (χ0v) is 30.1. The number of nitriles is 1. The molecule has 7 nitrogen and oxygen atoms in total. The zero-order valence-electron chi connectivity index (χ0n) is 30.1. The molecule has 0 saturated carbocycles. The second kappa shape index (κ2) is 16.0. The highest BCUT2D eigenvalue weighted by Gasteiger charge is 2.18. The van der Waals surface area contributed by atoms with E-state index in [2.05, 4.69) is 11.2 Å². The predicted molar refractivity (Wildman–Crippen MR) is 225 cm³/mol. The van der Waals surface area contributed by atoms with Crippen molar-refractivity contribution in [1.82, 2.24) is 15.2 Å². The SMILES string of the molecule is N#Cc1ccc(-c2cccc(C(=N)/N=C(\C(=N)c3ccccc3)c3ccccc3)c2)c(-c2cccc(-c3nnc(-c4ccccc4)c(-c4ccccc4)n3)c2)c1. The number of aromatic nitrogens is 3. The van der Waals surface area contributed by atoms with Crippen molar-refractivity contribution in [3.63, 3.8) is 0 Å². The van der Waals surface area contributed by atoms with Gasteiger partial charge in [-0.3, -0.25) is 10.8 Å². The molecule has 2 N–H and O–H groups in total. The van der Waals surface area contributed by atoms with Gasteiger partial charge in [0.15, 0.2) is 11.7 Å². The molecule has 0 aliphatic heterocycles. The van der Waals surface area contributed by atoms with Crippen LogP contribution in [0.4, 0.5) is 0 Å². The maximum absolute atomic E-state index is 9.95. The topological polar surface area (TPSA) is 123 Å². The summed E-state index contributed by atoms with van der Waals surface area (Å²) in [6.07, 6.45) is 0. The summed E-state index contributed by atoms with van der Waals surface area (Å²) >= 11 is 0. The van der Waals surface area contributed by atoms with Crippen molar-refractivity contribution in [2.45, 2.75) is 0 Å². The molecule has 56 heavy (non-hydrogen) atoms. The van der Waals surface area contributed by atoms with E-state index in [9.17, 15) is 5.26 Å². The Bertz CT molecular complexity index is 2770. The van der Waals surface area contributed by atoms with Crippen molar-refractivity contribution in [1.29, 1.82) is 16.1 Å². The molecule has 0 amide bonds. The van der Waals surface area contributed by atoms with Crippen molar-refractivity contribution < 1.29 is 0 Å². The lowest BCUT2D eigenvalue weighted by Gasteiger charge is -2.14. The van der Waals surface area contributed by atoms with Gasteiger partial charge in [-0.25, -0.2) is 9.98 Å². The summed E-state index contributed by atoms with van der Waals surface area (Å²) in [4.78, 5) is 9.82. The fourth-order valence-corrected chi connectivity index (χ4v) is 6.58. The summed E-state index contributed by atoms with van der Waals surface area (Å²) in [5, 5.41) is 37.4. The predicted octanol–water partition coefficient (Wildman–Crippen LogP) is 11.0. The molecule has 1 aromatic heterocycles. The maximum Gasteiger partial charge on any atom is 0.182 e. The summed E-state index contributed by atoms with van der Waals surface area (Å²) in [5.74, 6) is 0.508. The third-order valence-electron chi connectivity index (χ3n) is 9.38. The van der Waals surface area contributed by atoms with Gasteiger partial charge in [-0.1, -0.05) is 164 Å². The number of benzene rings is 7. The standard InChI is InChI=1S/C49H33N7/c50-32-33-27-28-42(38-23-13-25-40(30-38)48(52)53-45(35-17-7-2-8-18-35)44(51)34-15-5-1-6-16-34)43(29-33)39-24-14-26-41(31-39)49-54-46(36-19-9-3-10-20-36)47(55-56-49)37-21-11-4-12-22-37/h1-31,51-52H/b51-44?,52-48?,53-45-. The minimum absolute atomic E-state index is 0.0291. The van der Waals surface area contributed by atoms with Crippen LogP contribution in [0, 0.1) is 22.1 Å². The van der Waals surface area contributed by atoms with Crippen LogP contribution < -0.4 is 0 Å². The van der Waals surface area contributed by atoms with Gasteiger partial charge < -0.3 is 0 Å². The normalized spacial score (nSPS) is 11.1. The van der Waals surface area contributed by atoms with Crippen LogP contribution in [0.2, 0.25) is 0 Å². The van der Waals surface area contributed by atoms with Crippen LogP contribution >= 0.6 is 0 Å². The van der Waals surface area contributed by atoms with Gasteiger partial charge in [0, 0.05) is 33.4 Å². The quantitative estimate of drug-likeness (QED) is 0.114. The van der Waals surface area contributed by atoms with Gasteiger partial charge in [-0.2, -0.15) is 5.26 Å². The molecule has 0 spiro atoms. The third-order valence-corrected chi connectivity index (χ3v) is 9.38. The van der Waals surface area contributed by atoms with Crippen LogP contribution in [0.5, 0.6) is 0 Å². The zero-order chi connectivity index (χ0) is 38.3. The van der Waals surface area contributed by atoms with Gasteiger partial charge in [-0.15, -0.1) is 10.2 Å². The Morgan fingerprint density at radius 3 is 1.66 bits per heavy atom. The average Bonchev–Trinajstić information content (AvgIpc) is 3.28. The Morgan fingerprint density at radius 1 is 0.464 bits per heavy atom. The van der Waals surface area contributed by atoms with Crippen LogP contribution in [0.25, 0.3) is 56.2 Å². The fraction of sp³-hybridized carbons (Fsp3) is 0. The van der Waals surface area contributed by atoms with Crippen molar-refractivity contribution in [3.05, 3.63) is 210 Å². The first-order valence-electron chi connectivity index (χ1n) is 18.0. The Morgan fingerprint density at radius 2 is 1.00 bits per heavy atom. The Labute approximate surface area is 325 Å². The summed E-state index contributed by atoms with van der Waals surface area (Å²) < 4.78 is 0. The first-order valence-corrected chi connectivity index (χ1v) is 18.0. The second-order valence-corrected chi connectivity index (χ2v) is 13.0. The van der Waals surface area contributed by atoms with E-state index in [0.29, 0.717) is 33.9 Å². The van der Waals surface area contributed by atoms with Gasteiger partial charge >= 0.3 is 0 Å². The molecule has 0 aliphatic rings. The summed E-state index contributed by atoms with van der Waals surface area (Å²) in [6.45, 7) is 0. The van der Waals surface area contributed by atoms with E-state index in [1.165, 1.54) is 0 Å². The molecule has 0 bridgehead atoms. The molecular formula is C49H33N7. The Balaban J connectivity index is 1.18.